The Morgan fingerprint density at radius 2 is 2.28 bits per heavy atom. The second-order valence-electron chi connectivity index (χ2n) is 3.91. The van der Waals surface area contributed by atoms with Crippen LogP contribution in [0.15, 0.2) is 39.3 Å². The largest absolute Gasteiger partial charge is 0.497 e. The first-order chi connectivity index (χ1) is 8.83. The van der Waals surface area contributed by atoms with E-state index in [2.05, 4.69) is 30.1 Å². The molecule has 0 N–H and O–H groups in total. The van der Waals surface area contributed by atoms with E-state index in [9.17, 15) is 0 Å². The first-order valence-corrected chi connectivity index (χ1v) is 8.55. The Morgan fingerprint density at radius 1 is 1.39 bits per heavy atom. The van der Waals surface area contributed by atoms with Gasteiger partial charge in [-0.25, -0.2) is 4.98 Å². The summed E-state index contributed by atoms with van der Waals surface area (Å²) in [6.07, 6.45) is 0. The molecule has 5 heteroatoms. The fourth-order valence-electron chi connectivity index (χ4n) is 1.73. The van der Waals surface area contributed by atoms with Crippen LogP contribution in [-0.2, 0) is 4.74 Å². The molecule has 0 saturated heterocycles. The number of aromatic nitrogens is 1. The lowest BCUT2D eigenvalue weighted by Gasteiger charge is -2.17. The molecule has 0 radical (unpaired) electrons. The van der Waals surface area contributed by atoms with Gasteiger partial charge in [0.1, 0.15) is 5.76 Å². The number of thiazole rings is 1. The van der Waals surface area contributed by atoms with Crippen molar-refractivity contribution in [3.8, 4) is 0 Å². The van der Waals surface area contributed by atoms with E-state index in [0.717, 1.165) is 33.7 Å². The molecule has 1 aliphatic heterocycles. The zero-order valence-electron chi connectivity index (χ0n) is 10.0. The van der Waals surface area contributed by atoms with Gasteiger partial charge in [-0.1, -0.05) is 23.9 Å². The molecule has 1 aromatic heterocycles. The molecule has 94 valence electrons. The molecule has 1 aromatic carbocycles. The van der Waals surface area contributed by atoms with Crippen LogP contribution in [0.1, 0.15) is 6.92 Å². The molecule has 3 rings (SSSR count). The molecule has 1 aliphatic rings. The molecule has 0 atom stereocenters. The lowest BCUT2D eigenvalue weighted by atomic mass is 10.3. The van der Waals surface area contributed by atoms with E-state index >= 15 is 0 Å². The number of ether oxygens (including phenoxy) is 1. The van der Waals surface area contributed by atoms with Gasteiger partial charge in [0.05, 0.1) is 16.8 Å². The molecule has 2 nitrogen and oxygen atoms in total. The Bertz CT molecular complexity index is 558. The van der Waals surface area contributed by atoms with Crippen molar-refractivity contribution in [3.05, 3.63) is 34.9 Å². The Balaban J connectivity index is 1.73. The van der Waals surface area contributed by atoms with E-state index < -0.39 is 0 Å². The Morgan fingerprint density at radius 3 is 3.11 bits per heavy atom. The Labute approximate surface area is 119 Å². The number of para-hydroxylation sites is 1. The minimum Gasteiger partial charge on any atom is -0.497 e. The summed E-state index contributed by atoms with van der Waals surface area (Å²) in [5, 5.41) is 0. The van der Waals surface area contributed by atoms with Crippen LogP contribution in [0.2, 0.25) is 0 Å². The van der Waals surface area contributed by atoms with Gasteiger partial charge in [0.15, 0.2) is 4.34 Å². The monoisotopic (exact) mass is 295 g/mol. The average molecular weight is 295 g/mol. The van der Waals surface area contributed by atoms with Crippen LogP contribution in [0.5, 0.6) is 0 Å². The van der Waals surface area contributed by atoms with Crippen molar-refractivity contribution in [3.63, 3.8) is 0 Å². The molecule has 0 aliphatic carbocycles. The molecule has 0 spiro atoms. The van der Waals surface area contributed by atoms with Crippen molar-refractivity contribution in [2.24, 2.45) is 0 Å². The van der Waals surface area contributed by atoms with E-state index in [1.807, 2.05) is 17.8 Å². The summed E-state index contributed by atoms with van der Waals surface area (Å²) in [4.78, 5) is 5.98. The van der Waals surface area contributed by atoms with Crippen LogP contribution in [-0.4, -0.2) is 23.1 Å². The minimum atomic E-state index is 0.839. The highest BCUT2D eigenvalue weighted by molar-refractivity contribution is 8.06. The van der Waals surface area contributed by atoms with Crippen molar-refractivity contribution in [1.29, 1.82) is 0 Å². The third-order valence-corrected chi connectivity index (χ3v) is 6.21. The number of hydrogen-bond acceptors (Lipinski definition) is 5. The maximum Gasteiger partial charge on any atom is 0.151 e. The maximum atomic E-state index is 5.57. The van der Waals surface area contributed by atoms with E-state index in [1.165, 1.54) is 9.61 Å². The Kier molecular flexibility index (Phi) is 3.82. The van der Waals surface area contributed by atoms with Crippen molar-refractivity contribution in [2.75, 3.05) is 18.1 Å². The van der Waals surface area contributed by atoms with Crippen molar-refractivity contribution in [1.82, 2.24) is 4.98 Å². The molecule has 0 amide bonds. The second-order valence-corrected chi connectivity index (χ2v) is 7.36. The van der Waals surface area contributed by atoms with Crippen LogP contribution in [0.25, 0.3) is 10.2 Å². The van der Waals surface area contributed by atoms with Crippen LogP contribution in [0.4, 0.5) is 0 Å². The number of fused-ring (bicyclic) bond motifs is 1. The van der Waals surface area contributed by atoms with Crippen molar-refractivity contribution in [2.45, 2.75) is 11.3 Å². The standard InChI is InChI=1S/C13H13NOS3/c1-9-12(16-7-6-15-9)8-17-13-14-10-4-2-3-5-11(10)18-13/h2-5H,6-8H2,1H3. The van der Waals surface area contributed by atoms with Crippen LogP contribution >= 0.6 is 34.9 Å². The summed E-state index contributed by atoms with van der Waals surface area (Å²) in [5.41, 5.74) is 1.10. The number of allylic oxidation sites excluding steroid dienone is 1. The van der Waals surface area contributed by atoms with E-state index in [4.69, 9.17) is 4.74 Å². The van der Waals surface area contributed by atoms with Gasteiger partial charge >= 0.3 is 0 Å². The van der Waals surface area contributed by atoms with Crippen LogP contribution in [0, 0.1) is 0 Å². The van der Waals surface area contributed by atoms with Gasteiger partial charge in [-0.05, 0) is 19.1 Å². The molecule has 0 fully saturated rings. The zero-order chi connectivity index (χ0) is 12.4. The quantitative estimate of drug-likeness (QED) is 0.783. The number of thioether (sulfide) groups is 2. The van der Waals surface area contributed by atoms with Crippen molar-refractivity contribution < 1.29 is 4.74 Å². The lowest BCUT2D eigenvalue weighted by molar-refractivity contribution is 0.229. The summed E-state index contributed by atoms with van der Waals surface area (Å²) in [5.74, 6) is 3.11. The minimum absolute atomic E-state index is 0.839. The maximum absolute atomic E-state index is 5.57. The Hall–Kier alpha value is -0.650. The lowest BCUT2D eigenvalue weighted by Crippen LogP contribution is -2.05. The first kappa shape index (κ1) is 12.4. The number of rotatable bonds is 3. The highest BCUT2D eigenvalue weighted by Crippen LogP contribution is 2.34. The van der Waals surface area contributed by atoms with Crippen LogP contribution in [0.3, 0.4) is 0 Å². The summed E-state index contributed by atoms with van der Waals surface area (Å²) in [7, 11) is 0. The zero-order valence-corrected chi connectivity index (χ0v) is 12.5. The predicted octanol–water partition coefficient (Wildman–Crippen LogP) is 4.38. The molecule has 2 heterocycles. The fraction of sp³-hybridized carbons (Fsp3) is 0.308. The van der Waals surface area contributed by atoms with Gasteiger partial charge < -0.3 is 4.74 Å². The predicted molar refractivity (Wildman–Crippen MR) is 81.5 cm³/mol. The third kappa shape index (κ3) is 2.68. The molecule has 0 bridgehead atoms. The average Bonchev–Trinajstić information content (AvgIpc) is 2.80. The fourth-order valence-corrected chi connectivity index (χ4v) is 4.91. The first-order valence-electron chi connectivity index (χ1n) is 5.76. The topological polar surface area (TPSA) is 22.1 Å². The number of nitrogens with zero attached hydrogens (tertiary/aromatic N) is 1. The summed E-state index contributed by atoms with van der Waals surface area (Å²) in [6.45, 7) is 2.90. The smallest absolute Gasteiger partial charge is 0.151 e. The van der Waals surface area contributed by atoms with Gasteiger partial charge in [-0.2, -0.15) is 0 Å². The molecule has 0 saturated carbocycles. The van der Waals surface area contributed by atoms with Gasteiger partial charge in [0.25, 0.3) is 0 Å². The van der Waals surface area contributed by atoms with Gasteiger partial charge in [-0.15, -0.1) is 23.1 Å². The number of hydrogen-bond donors (Lipinski definition) is 0. The van der Waals surface area contributed by atoms with Gasteiger partial charge in [0, 0.05) is 16.4 Å². The summed E-state index contributed by atoms with van der Waals surface area (Å²) < 4.78 is 7.97. The summed E-state index contributed by atoms with van der Waals surface area (Å²) >= 11 is 5.48. The van der Waals surface area contributed by atoms with Gasteiger partial charge in [0.2, 0.25) is 0 Å². The molecular formula is C13H13NOS3. The number of benzene rings is 1. The van der Waals surface area contributed by atoms with Crippen LogP contribution < -0.4 is 0 Å². The van der Waals surface area contributed by atoms with E-state index in [0.29, 0.717) is 0 Å². The normalized spacial score (nSPS) is 16.1. The van der Waals surface area contributed by atoms with E-state index in [-0.39, 0.29) is 0 Å². The SMILES string of the molecule is CC1=C(CSc2nc3ccccc3s2)SCCO1. The highest BCUT2D eigenvalue weighted by Gasteiger charge is 2.12. The molecule has 18 heavy (non-hydrogen) atoms. The molecular weight excluding hydrogens is 282 g/mol. The molecule has 2 aromatic rings. The highest BCUT2D eigenvalue weighted by atomic mass is 32.2. The summed E-state index contributed by atoms with van der Waals surface area (Å²) in [6, 6.07) is 8.29. The molecule has 0 unspecified atom stereocenters. The van der Waals surface area contributed by atoms with Gasteiger partial charge in [-0.3, -0.25) is 0 Å². The van der Waals surface area contributed by atoms with E-state index in [1.54, 1.807) is 23.1 Å². The second kappa shape index (κ2) is 5.55. The third-order valence-electron chi connectivity index (χ3n) is 2.67. The van der Waals surface area contributed by atoms with Crippen molar-refractivity contribution >= 4 is 45.1 Å².